The predicted octanol–water partition coefficient (Wildman–Crippen LogP) is 3.60. The maximum absolute atomic E-state index is 12.7. The Hall–Kier alpha value is -3.55. The second-order valence-electron chi connectivity index (χ2n) is 7.73. The monoisotopic (exact) mass is 439 g/mol. The van der Waals surface area contributed by atoms with Gasteiger partial charge in [0.1, 0.15) is 5.75 Å². The molecule has 1 aromatic carbocycles. The van der Waals surface area contributed by atoms with E-state index in [9.17, 15) is 14.4 Å². The Morgan fingerprint density at radius 1 is 1.12 bits per heavy atom. The van der Waals surface area contributed by atoms with Crippen molar-refractivity contribution in [2.24, 2.45) is 0 Å². The minimum absolute atomic E-state index is 0.158. The van der Waals surface area contributed by atoms with Gasteiger partial charge in [-0.05, 0) is 50.5 Å². The van der Waals surface area contributed by atoms with Gasteiger partial charge in [-0.3, -0.25) is 14.4 Å². The molecule has 32 heavy (non-hydrogen) atoms. The van der Waals surface area contributed by atoms with Crippen molar-refractivity contribution in [3.8, 4) is 5.75 Å². The van der Waals surface area contributed by atoms with Crippen LogP contribution in [0.2, 0.25) is 0 Å². The summed E-state index contributed by atoms with van der Waals surface area (Å²) in [5, 5.41) is 5.79. The first-order chi connectivity index (χ1) is 15.3. The number of nitrogens with one attached hydrogen (secondary N) is 3. The molecule has 3 N–H and O–H groups in total. The second-order valence-corrected chi connectivity index (χ2v) is 7.73. The lowest BCUT2D eigenvalue weighted by molar-refractivity contribution is -0.140. The number of methoxy groups -OCH3 is 2. The number of aromatic amines is 1. The van der Waals surface area contributed by atoms with Gasteiger partial charge >= 0.3 is 5.97 Å². The van der Waals surface area contributed by atoms with Crippen LogP contribution < -0.4 is 15.4 Å². The molecule has 0 aliphatic carbocycles. The fraction of sp³-hybridized carbons (Fsp3) is 0.375. The fourth-order valence-corrected chi connectivity index (χ4v) is 3.81. The normalized spacial score (nSPS) is 13.6. The summed E-state index contributed by atoms with van der Waals surface area (Å²) in [5.74, 6) is 0.0983. The van der Waals surface area contributed by atoms with Crippen LogP contribution in [0.1, 0.15) is 58.6 Å². The summed E-state index contributed by atoms with van der Waals surface area (Å²) < 4.78 is 9.84. The van der Waals surface area contributed by atoms with Crippen molar-refractivity contribution in [1.82, 2.24) is 10.3 Å². The minimum Gasteiger partial charge on any atom is -0.497 e. The number of H-pyrrole nitrogens is 1. The topological polar surface area (TPSA) is 110 Å². The molecule has 2 aromatic rings. The summed E-state index contributed by atoms with van der Waals surface area (Å²) in [4.78, 5) is 39.6. The quantitative estimate of drug-likeness (QED) is 0.314. The Balaban J connectivity index is 1.68. The lowest BCUT2D eigenvalue weighted by Crippen LogP contribution is -2.25. The molecule has 0 bridgehead atoms. The number of aryl methyl sites for hydroxylation is 1. The van der Waals surface area contributed by atoms with Crippen molar-refractivity contribution in [2.75, 3.05) is 26.1 Å². The molecule has 8 nitrogen and oxygen atoms in total. The molecule has 2 heterocycles. The molecule has 0 unspecified atom stereocenters. The lowest BCUT2D eigenvalue weighted by atomic mass is 10.0. The Kier molecular flexibility index (Phi) is 7.35. The molecular formula is C24H29N3O5. The third-order valence-corrected chi connectivity index (χ3v) is 5.57. The molecule has 1 aliphatic rings. The number of benzene rings is 1. The zero-order valence-corrected chi connectivity index (χ0v) is 18.9. The standard InChI is InChI=1S/C24H29N3O5/c1-14-19(13-18-17-10-9-16(31-3)12-20(17)27-23(18)29)26-15(2)22(14)24(30)25-11-7-5-6-8-21(28)32-4/h9-10,12-13,26H,5-8,11H2,1-4H3,(H,25,30)(H,27,29)/b18-13-. The number of fused-ring (bicyclic) bond motifs is 1. The van der Waals surface area contributed by atoms with Gasteiger partial charge in [0, 0.05) is 36.0 Å². The van der Waals surface area contributed by atoms with E-state index in [1.54, 1.807) is 19.3 Å². The molecule has 1 aliphatic heterocycles. The molecule has 0 saturated heterocycles. The zero-order chi connectivity index (χ0) is 23.3. The number of aromatic nitrogens is 1. The maximum Gasteiger partial charge on any atom is 0.305 e. The lowest BCUT2D eigenvalue weighted by Gasteiger charge is -2.06. The van der Waals surface area contributed by atoms with Crippen LogP contribution in [0.3, 0.4) is 0 Å². The molecule has 0 fully saturated rings. The number of carbonyl (C=O) groups is 3. The largest absolute Gasteiger partial charge is 0.497 e. The van der Waals surface area contributed by atoms with Crippen LogP contribution in [0.15, 0.2) is 18.2 Å². The van der Waals surface area contributed by atoms with Crippen molar-refractivity contribution in [3.63, 3.8) is 0 Å². The SMILES string of the molecule is COC(=O)CCCCCNC(=O)c1c(C)[nH]c(/C=C2\C(=O)Nc3cc(OC)ccc32)c1C. The van der Waals surface area contributed by atoms with E-state index in [2.05, 4.69) is 20.4 Å². The second kappa shape index (κ2) is 10.2. The average Bonchev–Trinajstić information content (AvgIpc) is 3.24. The molecule has 1 aromatic heterocycles. The van der Waals surface area contributed by atoms with Crippen molar-refractivity contribution in [2.45, 2.75) is 39.5 Å². The third-order valence-electron chi connectivity index (χ3n) is 5.57. The van der Waals surface area contributed by atoms with Gasteiger partial charge in [0.05, 0.1) is 31.0 Å². The van der Waals surface area contributed by atoms with Crippen molar-refractivity contribution in [3.05, 3.63) is 46.3 Å². The maximum atomic E-state index is 12.7. The number of ether oxygens (including phenoxy) is 2. The van der Waals surface area contributed by atoms with Gasteiger partial charge in [0.25, 0.3) is 11.8 Å². The highest BCUT2D eigenvalue weighted by Gasteiger charge is 2.26. The van der Waals surface area contributed by atoms with Crippen LogP contribution in [0, 0.1) is 13.8 Å². The Morgan fingerprint density at radius 3 is 2.62 bits per heavy atom. The van der Waals surface area contributed by atoms with Crippen LogP contribution in [-0.4, -0.2) is 43.5 Å². The smallest absolute Gasteiger partial charge is 0.305 e. The average molecular weight is 440 g/mol. The summed E-state index contributed by atoms with van der Waals surface area (Å²) in [6.07, 6.45) is 4.51. The predicted molar refractivity (Wildman–Crippen MR) is 123 cm³/mol. The van der Waals surface area contributed by atoms with Gasteiger partial charge < -0.3 is 25.1 Å². The first-order valence-corrected chi connectivity index (χ1v) is 10.6. The van der Waals surface area contributed by atoms with E-state index in [0.29, 0.717) is 35.5 Å². The van der Waals surface area contributed by atoms with Crippen LogP contribution in [-0.2, 0) is 14.3 Å². The van der Waals surface area contributed by atoms with Crippen molar-refractivity contribution >= 4 is 35.1 Å². The summed E-state index contributed by atoms with van der Waals surface area (Å²) >= 11 is 0. The Morgan fingerprint density at radius 2 is 1.91 bits per heavy atom. The van der Waals surface area contributed by atoms with Gasteiger partial charge in [-0.2, -0.15) is 0 Å². The first-order valence-electron chi connectivity index (χ1n) is 10.6. The number of amides is 2. The van der Waals surface area contributed by atoms with E-state index >= 15 is 0 Å². The summed E-state index contributed by atoms with van der Waals surface area (Å²) in [5.41, 5.74) is 4.86. The van der Waals surface area contributed by atoms with E-state index in [1.165, 1.54) is 7.11 Å². The minimum atomic E-state index is -0.216. The molecule has 170 valence electrons. The van der Waals surface area contributed by atoms with Gasteiger partial charge in [-0.25, -0.2) is 0 Å². The molecule has 3 rings (SSSR count). The summed E-state index contributed by atoms with van der Waals surface area (Å²) in [7, 11) is 2.96. The van der Waals surface area contributed by atoms with Gasteiger partial charge in [-0.1, -0.05) is 6.42 Å². The summed E-state index contributed by atoms with van der Waals surface area (Å²) in [6.45, 7) is 4.23. The molecule has 8 heteroatoms. The fourth-order valence-electron chi connectivity index (χ4n) is 3.81. The van der Waals surface area contributed by atoms with E-state index in [-0.39, 0.29) is 17.8 Å². The molecule has 2 amide bonds. The van der Waals surface area contributed by atoms with Gasteiger partial charge in [-0.15, -0.1) is 0 Å². The Labute approximate surface area is 187 Å². The highest BCUT2D eigenvalue weighted by atomic mass is 16.5. The number of anilines is 1. The Bertz CT molecular complexity index is 1070. The van der Waals surface area contributed by atoms with Crippen molar-refractivity contribution < 1.29 is 23.9 Å². The number of unbranched alkanes of at least 4 members (excludes halogenated alkanes) is 2. The molecule has 0 spiro atoms. The molecular weight excluding hydrogens is 410 g/mol. The zero-order valence-electron chi connectivity index (χ0n) is 18.9. The van der Waals surface area contributed by atoms with Crippen LogP contribution in [0.4, 0.5) is 5.69 Å². The van der Waals surface area contributed by atoms with E-state index in [0.717, 1.165) is 41.8 Å². The van der Waals surface area contributed by atoms with E-state index in [1.807, 2.05) is 26.0 Å². The number of rotatable bonds is 9. The number of carbonyl (C=O) groups excluding carboxylic acids is 3. The molecule has 0 atom stereocenters. The number of hydrogen-bond donors (Lipinski definition) is 3. The van der Waals surface area contributed by atoms with E-state index in [4.69, 9.17) is 4.74 Å². The molecule has 0 saturated carbocycles. The van der Waals surface area contributed by atoms with Gasteiger partial charge in [0.15, 0.2) is 0 Å². The summed E-state index contributed by atoms with van der Waals surface area (Å²) in [6, 6.07) is 5.44. The third kappa shape index (κ3) is 5.01. The first kappa shape index (κ1) is 23.1. The highest BCUT2D eigenvalue weighted by molar-refractivity contribution is 6.35. The number of hydrogen-bond acceptors (Lipinski definition) is 5. The number of esters is 1. The van der Waals surface area contributed by atoms with Crippen LogP contribution >= 0.6 is 0 Å². The van der Waals surface area contributed by atoms with Crippen molar-refractivity contribution in [1.29, 1.82) is 0 Å². The highest BCUT2D eigenvalue weighted by Crippen LogP contribution is 2.36. The van der Waals surface area contributed by atoms with E-state index < -0.39 is 0 Å². The van der Waals surface area contributed by atoms with Crippen LogP contribution in [0.25, 0.3) is 11.6 Å². The van der Waals surface area contributed by atoms with Gasteiger partial charge in [0.2, 0.25) is 0 Å². The molecule has 0 radical (unpaired) electrons. The van der Waals surface area contributed by atoms with Crippen LogP contribution in [0.5, 0.6) is 5.75 Å².